The summed E-state index contributed by atoms with van der Waals surface area (Å²) in [5.74, 6) is -0.451. The van der Waals surface area contributed by atoms with E-state index in [9.17, 15) is 24.8 Å². The van der Waals surface area contributed by atoms with E-state index in [2.05, 4.69) is 9.97 Å². The first-order valence-electron chi connectivity index (χ1n) is 7.25. The van der Waals surface area contributed by atoms with Crippen molar-refractivity contribution in [2.45, 2.75) is 0 Å². The van der Waals surface area contributed by atoms with E-state index >= 15 is 0 Å². The maximum Gasteiger partial charge on any atom is 0.328 e. The maximum absolute atomic E-state index is 11.9. The number of hydrogen-bond acceptors (Lipinski definition) is 7. The van der Waals surface area contributed by atoms with E-state index in [0.717, 1.165) is 5.69 Å². The van der Waals surface area contributed by atoms with Crippen LogP contribution in [0.15, 0.2) is 33.9 Å². The minimum atomic E-state index is -0.759. The van der Waals surface area contributed by atoms with Gasteiger partial charge >= 0.3 is 5.69 Å². The van der Waals surface area contributed by atoms with E-state index in [0.29, 0.717) is 26.2 Å². The summed E-state index contributed by atoms with van der Waals surface area (Å²) < 4.78 is 0. The highest BCUT2D eigenvalue weighted by molar-refractivity contribution is 5.56. The average Bonchev–Trinajstić information content (AvgIpc) is 2.54. The quantitative estimate of drug-likeness (QED) is 0.531. The van der Waals surface area contributed by atoms with Gasteiger partial charge < -0.3 is 14.9 Å². The highest BCUT2D eigenvalue weighted by atomic mass is 16.6. The van der Waals surface area contributed by atoms with Gasteiger partial charge in [0.25, 0.3) is 11.2 Å². The summed E-state index contributed by atoms with van der Waals surface area (Å²) in [6.45, 7) is 2.05. The number of nitro benzene ring substituents is 1. The second-order valence-corrected chi connectivity index (χ2v) is 5.35. The van der Waals surface area contributed by atoms with Crippen molar-refractivity contribution in [2.75, 3.05) is 36.0 Å². The lowest BCUT2D eigenvalue weighted by atomic mass is 10.2. The SMILES string of the molecule is O=c1[nH]c(O)c(N2CCN(c3ccc([N+](=O)[O-])cc3)CC2)c(=O)[nH]1. The van der Waals surface area contributed by atoms with Gasteiger partial charge in [0.2, 0.25) is 5.88 Å². The Morgan fingerprint density at radius 1 is 1.00 bits per heavy atom. The van der Waals surface area contributed by atoms with Gasteiger partial charge in [-0.1, -0.05) is 0 Å². The number of hydrogen-bond donors (Lipinski definition) is 3. The van der Waals surface area contributed by atoms with Gasteiger partial charge in [-0.3, -0.25) is 24.9 Å². The van der Waals surface area contributed by atoms with Gasteiger partial charge in [0, 0.05) is 44.0 Å². The van der Waals surface area contributed by atoms with Crippen LogP contribution < -0.4 is 21.0 Å². The first kappa shape index (κ1) is 15.6. The number of H-pyrrole nitrogens is 2. The van der Waals surface area contributed by atoms with Crippen LogP contribution in [0.1, 0.15) is 0 Å². The van der Waals surface area contributed by atoms with Gasteiger partial charge in [-0.2, -0.15) is 0 Å². The third-order valence-electron chi connectivity index (χ3n) is 3.92. The second-order valence-electron chi connectivity index (χ2n) is 5.35. The van der Waals surface area contributed by atoms with Gasteiger partial charge in [0.1, 0.15) is 0 Å². The summed E-state index contributed by atoms with van der Waals surface area (Å²) in [4.78, 5) is 41.2. The van der Waals surface area contributed by atoms with Crippen LogP contribution >= 0.6 is 0 Å². The van der Waals surface area contributed by atoms with E-state index in [1.165, 1.54) is 12.1 Å². The molecule has 0 bridgehead atoms. The molecule has 1 fully saturated rings. The average molecular weight is 333 g/mol. The lowest BCUT2D eigenvalue weighted by Gasteiger charge is -2.36. The fourth-order valence-electron chi connectivity index (χ4n) is 2.73. The van der Waals surface area contributed by atoms with E-state index in [1.807, 2.05) is 4.90 Å². The number of anilines is 2. The molecular weight excluding hydrogens is 318 g/mol. The fraction of sp³-hybridized carbons (Fsp3) is 0.286. The Morgan fingerprint density at radius 2 is 1.58 bits per heavy atom. The maximum atomic E-state index is 11.9. The van der Waals surface area contributed by atoms with Crippen LogP contribution in [0.3, 0.4) is 0 Å². The summed E-state index contributed by atoms with van der Waals surface area (Å²) in [6, 6.07) is 6.25. The van der Waals surface area contributed by atoms with Gasteiger partial charge in [0.15, 0.2) is 5.69 Å². The molecule has 3 N–H and O–H groups in total. The molecular formula is C14H15N5O5. The lowest BCUT2D eigenvalue weighted by molar-refractivity contribution is -0.384. The molecule has 10 heteroatoms. The van der Waals surface area contributed by atoms with E-state index in [4.69, 9.17) is 0 Å². The van der Waals surface area contributed by atoms with Gasteiger partial charge in [-0.15, -0.1) is 0 Å². The molecule has 24 heavy (non-hydrogen) atoms. The van der Waals surface area contributed by atoms with Crippen molar-refractivity contribution in [3.63, 3.8) is 0 Å². The topological polar surface area (TPSA) is 136 Å². The van der Waals surface area contributed by atoms with Crippen molar-refractivity contribution >= 4 is 17.1 Å². The molecule has 10 nitrogen and oxygen atoms in total. The number of non-ortho nitro benzene ring substituents is 1. The predicted octanol–water partition coefficient (Wildman–Crippen LogP) is 0.00360. The first-order valence-corrected chi connectivity index (χ1v) is 7.25. The summed E-state index contributed by atoms with van der Waals surface area (Å²) in [5, 5.41) is 20.5. The molecule has 2 aromatic rings. The number of nitrogens with one attached hydrogen (secondary N) is 2. The zero-order valence-corrected chi connectivity index (χ0v) is 12.6. The third-order valence-corrected chi connectivity index (χ3v) is 3.92. The van der Waals surface area contributed by atoms with Crippen molar-refractivity contribution in [2.24, 2.45) is 0 Å². The molecule has 0 radical (unpaired) electrons. The molecule has 3 rings (SSSR count). The summed E-state index contributed by atoms with van der Waals surface area (Å²) in [7, 11) is 0. The van der Waals surface area contributed by atoms with Crippen LogP contribution in [0.25, 0.3) is 0 Å². The van der Waals surface area contributed by atoms with E-state index in [-0.39, 0.29) is 11.4 Å². The zero-order chi connectivity index (χ0) is 17.3. The van der Waals surface area contributed by atoms with Crippen LogP contribution in [0.4, 0.5) is 17.1 Å². The lowest BCUT2D eigenvalue weighted by Crippen LogP contribution is -2.48. The molecule has 1 aromatic heterocycles. The van der Waals surface area contributed by atoms with Gasteiger partial charge in [-0.25, -0.2) is 4.79 Å². The Bertz CT molecular complexity index is 864. The highest BCUT2D eigenvalue weighted by Crippen LogP contribution is 2.23. The Hall–Kier alpha value is -3.30. The van der Waals surface area contributed by atoms with E-state index in [1.54, 1.807) is 17.0 Å². The largest absolute Gasteiger partial charge is 0.493 e. The van der Waals surface area contributed by atoms with Gasteiger partial charge in [-0.05, 0) is 12.1 Å². The Morgan fingerprint density at radius 3 is 2.12 bits per heavy atom. The van der Waals surface area contributed by atoms with Crippen molar-refractivity contribution in [3.8, 4) is 5.88 Å². The normalized spacial score (nSPS) is 14.7. The number of aromatic nitrogens is 2. The van der Waals surface area contributed by atoms with Crippen LogP contribution in [-0.2, 0) is 0 Å². The molecule has 0 spiro atoms. The monoisotopic (exact) mass is 333 g/mol. The summed E-state index contributed by atoms with van der Waals surface area (Å²) in [6.07, 6.45) is 0. The second kappa shape index (κ2) is 6.07. The van der Waals surface area contributed by atoms with Crippen molar-refractivity contribution in [3.05, 3.63) is 55.2 Å². The predicted molar refractivity (Wildman–Crippen MR) is 86.9 cm³/mol. The smallest absolute Gasteiger partial charge is 0.328 e. The zero-order valence-electron chi connectivity index (χ0n) is 12.6. The number of piperazine rings is 1. The van der Waals surface area contributed by atoms with E-state index < -0.39 is 22.1 Å². The molecule has 1 aliphatic heterocycles. The third kappa shape index (κ3) is 2.93. The Balaban J connectivity index is 1.73. The minimum Gasteiger partial charge on any atom is -0.493 e. The van der Waals surface area contributed by atoms with Crippen LogP contribution in [0, 0.1) is 10.1 Å². The molecule has 1 aliphatic rings. The molecule has 0 amide bonds. The molecule has 0 unspecified atom stereocenters. The molecule has 0 aliphatic carbocycles. The first-order chi connectivity index (χ1) is 11.5. The summed E-state index contributed by atoms with van der Waals surface area (Å²) >= 11 is 0. The molecule has 126 valence electrons. The number of nitrogens with zero attached hydrogens (tertiary/aromatic N) is 3. The van der Waals surface area contributed by atoms with Crippen LogP contribution in [0.2, 0.25) is 0 Å². The number of benzene rings is 1. The Labute approximate surface area is 135 Å². The number of nitro groups is 1. The molecule has 0 atom stereocenters. The molecule has 1 saturated heterocycles. The summed E-state index contributed by atoms with van der Waals surface area (Å²) in [5.41, 5.74) is -0.481. The van der Waals surface area contributed by atoms with Crippen molar-refractivity contribution in [1.29, 1.82) is 0 Å². The number of aromatic amines is 2. The Kier molecular flexibility index (Phi) is 3.94. The molecule has 2 heterocycles. The fourth-order valence-corrected chi connectivity index (χ4v) is 2.73. The minimum absolute atomic E-state index is 0.0297. The molecule has 1 aromatic carbocycles. The van der Waals surface area contributed by atoms with Crippen molar-refractivity contribution < 1.29 is 10.0 Å². The van der Waals surface area contributed by atoms with Crippen molar-refractivity contribution in [1.82, 2.24) is 9.97 Å². The molecule has 0 saturated carbocycles. The van der Waals surface area contributed by atoms with Crippen LogP contribution in [0.5, 0.6) is 5.88 Å². The highest BCUT2D eigenvalue weighted by Gasteiger charge is 2.23. The van der Waals surface area contributed by atoms with Crippen LogP contribution in [-0.4, -0.2) is 46.2 Å². The number of aromatic hydroxyl groups is 1. The standard InChI is InChI=1S/C14H15N5O5/c20-12-11(13(21)16-14(22)15-12)18-7-5-17(6-8-18)9-1-3-10(4-2-9)19(23)24/h1-4H,5-8H2,(H3,15,16,20,21,22). The number of rotatable bonds is 3. The van der Waals surface area contributed by atoms with Gasteiger partial charge in [0.05, 0.1) is 4.92 Å².